The Morgan fingerprint density at radius 2 is 1.79 bits per heavy atom. The lowest BCUT2D eigenvalue weighted by atomic mass is 9.78. The highest BCUT2D eigenvalue weighted by molar-refractivity contribution is 5.81. The molecule has 2 aliphatic rings. The molecule has 0 bridgehead atoms. The number of amides is 1. The van der Waals surface area contributed by atoms with Crippen molar-refractivity contribution in [2.24, 2.45) is 11.8 Å². The van der Waals surface area contributed by atoms with E-state index in [9.17, 15) is 14.9 Å². The van der Waals surface area contributed by atoms with Crippen LogP contribution in [-0.4, -0.2) is 54.0 Å². The summed E-state index contributed by atoms with van der Waals surface area (Å²) >= 11 is 0. The highest BCUT2D eigenvalue weighted by atomic mass is 16.6. The van der Waals surface area contributed by atoms with E-state index in [1.54, 1.807) is 24.3 Å². The molecule has 7 heteroatoms. The summed E-state index contributed by atoms with van der Waals surface area (Å²) in [5.41, 5.74) is 1.10. The van der Waals surface area contributed by atoms with Gasteiger partial charge in [-0.1, -0.05) is 26.7 Å². The Kier molecular flexibility index (Phi) is 6.54. The number of nitrogens with zero attached hydrogens (tertiary/aromatic N) is 3. The van der Waals surface area contributed by atoms with Gasteiger partial charge in [-0.15, -0.1) is 0 Å². The summed E-state index contributed by atoms with van der Waals surface area (Å²) in [5.74, 6) is 1.33. The van der Waals surface area contributed by atoms with Gasteiger partial charge < -0.3 is 10.2 Å². The van der Waals surface area contributed by atoms with Crippen molar-refractivity contribution in [2.75, 3.05) is 31.1 Å². The number of nitro benzene ring substituents is 1. The number of non-ortho nitro benzene ring substituents is 1. The number of benzene rings is 1. The zero-order chi connectivity index (χ0) is 20.3. The van der Waals surface area contributed by atoms with E-state index in [1.807, 2.05) is 6.92 Å². The first-order valence-electron chi connectivity index (χ1n) is 10.4. The molecular formula is C21H32N4O3. The van der Waals surface area contributed by atoms with E-state index in [0.717, 1.165) is 38.3 Å². The van der Waals surface area contributed by atoms with Gasteiger partial charge in [0.05, 0.1) is 11.0 Å². The van der Waals surface area contributed by atoms with E-state index in [4.69, 9.17) is 0 Å². The van der Waals surface area contributed by atoms with E-state index in [1.165, 1.54) is 12.8 Å². The van der Waals surface area contributed by atoms with Crippen LogP contribution in [0.4, 0.5) is 11.4 Å². The maximum absolute atomic E-state index is 12.8. The number of hydrogen-bond acceptors (Lipinski definition) is 5. The second-order valence-electron chi connectivity index (χ2n) is 8.35. The van der Waals surface area contributed by atoms with Crippen molar-refractivity contribution in [1.82, 2.24) is 10.2 Å². The molecule has 1 aromatic carbocycles. The van der Waals surface area contributed by atoms with Crippen LogP contribution in [0.1, 0.15) is 40.0 Å². The average Bonchev–Trinajstić information content (AvgIpc) is 2.71. The van der Waals surface area contributed by atoms with Crippen LogP contribution < -0.4 is 10.2 Å². The molecule has 1 aliphatic heterocycles. The Morgan fingerprint density at radius 1 is 1.14 bits per heavy atom. The van der Waals surface area contributed by atoms with Gasteiger partial charge in [-0.25, -0.2) is 0 Å². The number of anilines is 1. The molecule has 2 fully saturated rings. The highest BCUT2D eigenvalue weighted by Gasteiger charge is 2.31. The largest absolute Gasteiger partial charge is 0.369 e. The summed E-state index contributed by atoms with van der Waals surface area (Å²) < 4.78 is 0. The fourth-order valence-electron chi connectivity index (χ4n) is 4.41. The van der Waals surface area contributed by atoms with Gasteiger partial charge >= 0.3 is 0 Å². The molecule has 3 rings (SSSR count). The third-order valence-electron chi connectivity index (χ3n) is 6.70. The zero-order valence-corrected chi connectivity index (χ0v) is 17.1. The highest BCUT2D eigenvalue weighted by Crippen LogP contribution is 2.29. The van der Waals surface area contributed by atoms with Gasteiger partial charge in [0.15, 0.2) is 0 Å². The fraction of sp³-hybridized carbons (Fsp3) is 0.667. The minimum absolute atomic E-state index is 0.110. The van der Waals surface area contributed by atoms with E-state index in [-0.39, 0.29) is 22.6 Å². The Morgan fingerprint density at radius 3 is 2.39 bits per heavy atom. The Labute approximate surface area is 167 Å². The molecule has 0 radical (unpaired) electrons. The van der Waals surface area contributed by atoms with E-state index < -0.39 is 0 Å². The van der Waals surface area contributed by atoms with Crippen LogP contribution in [-0.2, 0) is 4.79 Å². The summed E-state index contributed by atoms with van der Waals surface area (Å²) in [6.07, 6.45) is 3.53. The number of piperazine rings is 1. The molecule has 1 amide bonds. The van der Waals surface area contributed by atoms with Crippen LogP contribution in [0.3, 0.4) is 0 Å². The molecule has 0 spiro atoms. The molecule has 1 N–H and O–H groups in total. The van der Waals surface area contributed by atoms with Crippen molar-refractivity contribution in [3.05, 3.63) is 34.4 Å². The monoisotopic (exact) mass is 388 g/mol. The first-order valence-corrected chi connectivity index (χ1v) is 10.4. The molecule has 4 atom stereocenters. The average molecular weight is 389 g/mol. The maximum atomic E-state index is 12.8. The molecule has 1 saturated carbocycles. The maximum Gasteiger partial charge on any atom is 0.269 e. The van der Waals surface area contributed by atoms with Gasteiger partial charge in [0.2, 0.25) is 5.91 Å². The van der Waals surface area contributed by atoms with Crippen LogP contribution in [0.5, 0.6) is 0 Å². The van der Waals surface area contributed by atoms with Gasteiger partial charge in [0.25, 0.3) is 5.69 Å². The minimum Gasteiger partial charge on any atom is -0.369 e. The number of nitro groups is 1. The summed E-state index contributed by atoms with van der Waals surface area (Å²) in [7, 11) is 0. The van der Waals surface area contributed by atoms with Crippen LogP contribution >= 0.6 is 0 Å². The van der Waals surface area contributed by atoms with Crippen LogP contribution in [0.25, 0.3) is 0 Å². The quantitative estimate of drug-likeness (QED) is 0.620. The topological polar surface area (TPSA) is 78.7 Å². The number of rotatable bonds is 5. The van der Waals surface area contributed by atoms with Crippen molar-refractivity contribution in [1.29, 1.82) is 0 Å². The normalized spacial score (nSPS) is 27.2. The number of hydrogen-bond donors (Lipinski definition) is 1. The van der Waals surface area contributed by atoms with Crippen LogP contribution in [0.15, 0.2) is 24.3 Å². The predicted octanol–water partition coefficient (Wildman–Crippen LogP) is 3.05. The zero-order valence-electron chi connectivity index (χ0n) is 17.1. The lowest BCUT2D eigenvalue weighted by Crippen LogP contribution is -2.56. The Hall–Kier alpha value is -2.15. The Bertz CT molecular complexity index is 685. The summed E-state index contributed by atoms with van der Waals surface area (Å²) in [6.45, 7) is 9.77. The van der Waals surface area contributed by atoms with E-state index in [2.05, 4.69) is 29.0 Å². The third kappa shape index (κ3) is 4.63. The lowest BCUT2D eigenvalue weighted by molar-refractivity contribution is -0.384. The SMILES string of the molecule is C[C@@H]1[C@H](C)CCC[C@@H]1NC(=O)[C@@H](C)N1CCN(c2ccc([N+](=O)[O-])cc2)CC1. The van der Waals surface area contributed by atoms with Crippen molar-refractivity contribution >= 4 is 17.3 Å². The summed E-state index contributed by atoms with van der Waals surface area (Å²) in [5, 5.41) is 14.1. The molecule has 28 heavy (non-hydrogen) atoms. The van der Waals surface area contributed by atoms with Crippen molar-refractivity contribution in [2.45, 2.75) is 52.1 Å². The first-order chi connectivity index (χ1) is 13.4. The molecule has 1 saturated heterocycles. The number of nitrogens with one attached hydrogen (secondary N) is 1. The summed E-state index contributed by atoms with van der Waals surface area (Å²) in [6, 6.07) is 6.85. The second-order valence-corrected chi connectivity index (χ2v) is 8.35. The first kappa shape index (κ1) is 20.6. The number of carbonyl (C=O) groups excluding carboxylic acids is 1. The number of carbonyl (C=O) groups is 1. The van der Waals surface area contributed by atoms with Gasteiger partial charge in [-0.05, 0) is 37.3 Å². The predicted molar refractivity (Wildman–Crippen MR) is 110 cm³/mol. The lowest BCUT2D eigenvalue weighted by Gasteiger charge is -2.40. The smallest absolute Gasteiger partial charge is 0.269 e. The molecule has 0 aromatic heterocycles. The molecule has 1 aliphatic carbocycles. The molecule has 1 heterocycles. The molecular weight excluding hydrogens is 356 g/mol. The molecule has 154 valence electrons. The minimum atomic E-state index is -0.379. The molecule has 7 nitrogen and oxygen atoms in total. The third-order valence-corrected chi connectivity index (χ3v) is 6.70. The van der Waals surface area contributed by atoms with E-state index in [0.29, 0.717) is 17.9 Å². The second kappa shape index (κ2) is 8.90. The van der Waals surface area contributed by atoms with Gasteiger partial charge in [-0.2, -0.15) is 0 Å². The Balaban J connectivity index is 1.51. The fourth-order valence-corrected chi connectivity index (χ4v) is 4.41. The van der Waals surface area contributed by atoms with Gasteiger partial charge in [0.1, 0.15) is 0 Å². The van der Waals surface area contributed by atoms with Crippen LogP contribution in [0.2, 0.25) is 0 Å². The van der Waals surface area contributed by atoms with Crippen molar-refractivity contribution in [3.63, 3.8) is 0 Å². The molecule has 0 unspecified atom stereocenters. The van der Waals surface area contributed by atoms with Crippen LogP contribution in [0, 0.1) is 22.0 Å². The van der Waals surface area contributed by atoms with Gasteiger partial charge in [-0.3, -0.25) is 19.8 Å². The van der Waals surface area contributed by atoms with Crippen molar-refractivity contribution < 1.29 is 9.72 Å². The molecule has 1 aromatic rings. The standard InChI is InChI=1S/C21H32N4O3/c1-15-5-4-6-20(16(15)2)22-21(26)17(3)23-11-13-24(14-12-23)18-7-9-19(10-8-18)25(27)28/h7-10,15-17,20H,4-6,11-14H2,1-3H3,(H,22,26)/t15-,16-,17-,20+/m1/s1. The van der Waals surface area contributed by atoms with Crippen molar-refractivity contribution in [3.8, 4) is 0 Å². The summed E-state index contributed by atoms with van der Waals surface area (Å²) in [4.78, 5) is 27.7. The van der Waals surface area contributed by atoms with E-state index >= 15 is 0 Å². The van der Waals surface area contributed by atoms with Gasteiger partial charge in [0, 0.05) is 50.0 Å².